The minimum absolute atomic E-state index is 0.358. The standard InChI is InChI=1S/C11H13FO2/c1-3-8-5-4-6-9(7-8)10(12)11(13)14-2/h4-7,10H,3H2,1-2H3. The molecule has 1 unspecified atom stereocenters. The molecule has 0 aliphatic heterocycles. The highest BCUT2D eigenvalue weighted by Gasteiger charge is 2.19. The molecule has 3 heteroatoms. The summed E-state index contributed by atoms with van der Waals surface area (Å²) in [6.07, 6.45) is -0.853. The van der Waals surface area contributed by atoms with E-state index in [9.17, 15) is 9.18 Å². The molecule has 0 fully saturated rings. The molecule has 0 N–H and O–H groups in total. The number of rotatable bonds is 3. The Morgan fingerprint density at radius 3 is 2.86 bits per heavy atom. The second-order valence-corrected chi connectivity index (χ2v) is 2.98. The van der Waals surface area contributed by atoms with Gasteiger partial charge in [0.25, 0.3) is 0 Å². The molecule has 1 aromatic carbocycles. The quantitative estimate of drug-likeness (QED) is 0.694. The monoisotopic (exact) mass is 196 g/mol. The molecule has 1 rings (SSSR count). The lowest BCUT2D eigenvalue weighted by Crippen LogP contribution is -2.09. The zero-order valence-electron chi connectivity index (χ0n) is 8.29. The molecule has 0 spiro atoms. The average molecular weight is 196 g/mol. The highest BCUT2D eigenvalue weighted by atomic mass is 19.1. The third-order valence-corrected chi connectivity index (χ3v) is 2.06. The van der Waals surface area contributed by atoms with Crippen LogP contribution in [0.4, 0.5) is 4.39 Å². The Balaban J connectivity index is 2.89. The number of benzene rings is 1. The van der Waals surface area contributed by atoms with Gasteiger partial charge in [0.1, 0.15) is 0 Å². The molecular weight excluding hydrogens is 183 g/mol. The number of hydrogen-bond acceptors (Lipinski definition) is 2. The summed E-state index contributed by atoms with van der Waals surface area (Å²) in [5.41, 5.74) is 1.37. The normalized spacial score (nSPS) is 12.2. The summed E-state index contributed by atoms with van der Waals surface area (Å²) in [5, 5.41) is 0. The van der Waals surface area contributed by atoms with Crippen molar-refractivity contribution in [2.45, 2.75) is 19.5 Å². The van der Waals surface area contributed by atoms with Crippen molar-refractivity contribution in [1.82, 2.24) is 0 Å². The molecule has 0 saturated heterocycles. The Labute approximate surface area is 82.7 Å². The SMILES string of the molecule is CCc1cccc(C(F)C(=O)OC)c1. The first-order chi connectivity index (χ1) is 6.69. The van der Waals surface area contributed by atoms with E-state index < -0.39 is 12.1 Å². The number of alkyl halides is 1. The van der Waals surface area contributed by atoms with Gasteiger partial charge in [-0.2, -0.15) is 0 Å². The van der Waals surface area contributed by atoms with Gasteiger partial charge in [-0.25, -0.2) is 9.18 Å². The highest BCUT2D eigenvalue weighted by molar-refractivity contribution is 5.76. The first-order valence-electron chi connectivity index (χ1n) is 4.49. The van der Waals surface area contributed by atoms with E-state index in [1.807, 2.05) is 13.0 Å². The van der Waals surface area contributed by atoms with Gasteiger partial charge in [0.15, 0.2) is 0 Å². The maximum absolute atomic E-state index is 13.4. The summed E-state index contributed by atoms with van der Waals surface area (Å²) in [6, 6.07) is 6.90. The topological polar surface area (TPSA) is 26.3 Å². The average Bonchev–Trinajstić information content (AvgIpc) is 2.27. The van der Waals surface area contributed by atoms with Gasteiger partial charge in [-0.05, 0) is 17.5 Å². The summed E-state index contributed by atoms with van der Waals surface area (Å²) >= 11 is 0. The van der Waals surface area contributed by atoms with Gasteiger partial charge in [-0.3, -0.25) is 0 Å². The zero-order valence-corrected chi connectivity index (χ0v) is 8.29. The summed E-state index contributed by atoms with van der Waals surface area (Å²) in [4.78, 5) is 10.9. The lowest BCUT2D eigenvalue weighted by atomic mass is 10.1. The molecular formula is C11H13FO2. The van der Waals surface area contributed by atoms with Crippen LogP contribution in [0, 0.1) is 0 Å². The van der Waals surface area contributed by atoms with Gasteiger partial charge >= 0.3 is 5.97 Å². The first kappa shape index (κ1) is 10.7. The van der Waals surface area contributed by atoms with Crippen molar-refractivity contribution in [3.05, 3.63) is 35.4 Å². The Hall–Kier alpha value is -1.38. The van der Waals surface area contributed by atoms with Crippen molar-refractivity contribution in [3.8, 4) is 0 Å². The summed E-state index contributed by atoms with van der Waals surface area (Å²) < 4.78 is 17.7. The van der Waals surface area contributed by atoms with Crippen LogP contribution in [0.1, 0.15) is 24.2 Å². The predicted molar refractivity (Wildman–Crippen MR) is 51.7 cm³/mol. The van der Waals surface area contributed by atoms with Gasteiger partial charge < -0.3 is 4.74 Å². The van der Waals surface area contributed by atoms with Crippen LogP contribution in [0.2, 0.25) is 0 Å². The summed E-state index contributed by atoms with van der Waals surface area (Å²) in [6.45, 7) is 1.98. The van der Waals surface area contributed by atoms with Crippen molar-refractivity contribution in [2.24, 2.45) is 0 Å². The molecule has 1 atom stereocenters. The fourth-order valence-electron chi connectivity index (χ4n) is 1.21. The molecule has 0 bridgehead atoms. The fraction of sp³-hybridized carbons (Fsp3) is 0.364. The lowest BCUT2D eigenvalue weighted by Gasteiger charge is -2.07. The van der Waals surface area contributed by atoms with Gasteiger partial charge in [0.05, 0.1) is 7.11 Å². The predicted octanol–water partition coefficient (Wildman–Crippen LogP) is 2.43. The van der Waals surface area contributed by atoms with Crippen molar-refractivity contribution in [3.63, 3.8) is 0 Å². The molecule has 0 radical (unpaired) electrons. The van der Waals surface area contributed by atoms with E-state index in [1.54, 1.807) is 18.2 Å². The summed E-state index contributed by atoms with van der Waals surface area (Å²) in [5.74, 6) is -0.849. The van der Waals surface area contributed by atoms with Crippen LogP contribution in [0.3, 0.4) is 0 Å². The number of esters is 1. The molecule has 0 aromatic heterocycles. The van der Waals surface area contributed by atoms with Crippen LogP contribution in [0.5, 0.6) is 0 Å². The van der Waals surface area contributed by atoms with E-state index in [4.69, 9.17) is 0 Å². The number of ether oxygens (including phenoxy) is 1. The third-order valence-electron chi connectivity index (χ3n) is 2.06. The lowest BCUT2D eigenvalue weighted by molar-refractivity contribution is -0.146. The molecule has 0 aliphatic carbocycles. The van der Waals surface area contributed by atoms with E-state index in [-0.39, 0.29) is 0 Å². The van der Waals surface area contributed by atoms with E-state index >= 15 is 0 Å². The van der Waals surface area contributed by atoms with Crippen molar-refractivity contribution in [1.29, 1.82) is 0 Å². The second-order valence-electron chi connectivity index (χ2n) is 2.98. The van der Waals surface area contributed by atoms with Crippen LogP contribution in [-0.4, -0.2) is 13.1 Å². The van der Waals surface area contributed by atoms with E-state index in [2.05, 4.69) is 4.74 Å². The molecule has 0 aliphatic rings. The molecule has 14 heavy (non-hydrogen) atoms. The smallest absolute Gasteiger partial charge is 0.345 e. The minimum Gasteiger partial charge on any atom is -0.467 e. The molecule has 0 heterocycles. The first-order valence-corrected chi connectivity index (χ1v) is 4.49. The number of aryl methyl sites for hydroxylation is 1. The van der Waals surface area contributed by atoms with E-state index in [1.165, 1.54) is 7.11 Å². The number of carbonyl (C=O) groups is 1. The number of hydrogen-bond donors (Lipinski definition) is 0. The maximum Gasteiger partial charge on any atom is 0.345 e. The van der Waals surface area contributed by atoms with Crippen LogP contribution in [0.15, 0.2) is 24.3 Å². The van der Waals surface area contributed by atoms with Gasteiger partial charge in [-0.1, -0.05) is 31.2 Å². The Morgan fingerprint density at radius 2 is 2.29 bits per heavy atom. The van der Waals surface area contributed by atoms with Crippen LogP contribution < -0.4 is 0 Å². The Bertz CT molecular complexity index is 323. The minimum atomic E-state index is -1.67. The van der Waals surface area contributed by atoms with Crippen molar-refractivity contribution >= 4 is 5.97 Å². The largest absolute Gasteiger partial charge is 0.467 e. The van der Waals surface area contributed by atoms with Gasteiger partial charge in [-0.15, -0.1) is 0 Å². The van der Waals surface area contributed by atoms with Crippen molar-refractivity contribution < 1.29 is 13.9 Å². The number of carbonyl (C=O) groups excluding carboxylic acids is 1. The van der Waals surface area contributed by atoms with Gasteiger partial charge in [0, 0.05) is 0 Å². The number of halogens is 1. The van der Waals surface area contributed by atoms with Gasteiger partial charge in [0.2, 0.25) is 6.17 Å². The third kappa shape index (κ3) is 2.31. The molecule has 0 saturated carbocycles. The fourth-order valence-corrected chi connectivity index (χ4v) is 1.21. The Morgan fingerprint density at radius 1 is 1.57 bits per heavy atom. The molecule has 76 valence electrons. The van der Waals surface area contributed by atoms with E-state index in [0.29, 0.717) is 5.56 Å². The maximum atomic E-state index is 13.4. The highest BCUT2D eigenvalue weighted by Crippen LogP contribution is 2.19. The molecule has 1 aromatic rings. The molecule has 0 amide bonds. The van der Waals surface area contributed by atoms with Crippen molar-refractivity contribution in [2.75, 3.05) is 7.11 Å². The Kier molecular flexibility index (Phi) is 3.63. The number of methoxy groups -OCH3 is 1. The van der Waals surface area contributed by atoms with Crippen LogP contribution >= 0.6 is 0 Å². The van der Waals surface area contributed by atoms with Crippen LogP contribution in [0.25, 0.3) is 0 Å². The zero-order chi connectivity index (χ0) is 10.6. The van der Waals surface area contributed by atoms with Crippen LogP contribution in [-0.2, 0) is 16.0 Å². The molecule has 2 nitrogen and oxygen atoms in total. The second kappa shape index (κ2) is 4.74. The summed E-state index contributed by atoms with van der Waals surface area (Å²) in [7, 11) is 1.18. The van der Waals surface area contributed by atoms with E-state index in [0.717, 1.165) is 12.0 Å².